The molecule has 0 aliphatic heterocycles. The number of nitrogens with zero attached hydrogens (tertiary/aromatic N) is 1. The maximum Gasteiger partial charge on any atom is 0.264 e. The number of nitrogens with one attached hydrogen (secondary N) is 1. The standard InChI is InChI=1S/C29H28N2O4S/c1-22-8-12-24(13-9-22)20-30-29(32)21-31(36(33,34)28-18-10-23(2)11-19-28)25-14-16-27(17-15-25)35-26-6-4-3-5-7-26/h3-19H,20-21H2,1-2H3,(H,30,32). The van der Waals surface area contributed by atoms with Crippen molar-refractivity contribution in [3.8, 4) is 11.5 Å². The minimum atomic E-state index is -3.99. The molecular formula is C29H28N2O4S. The van der Waals surface area contributed by atoms with Crippen LogP contribution in [0, 0.1) is 13.8 Å². The topological polar surface area (TPSA) is 75.7 Å². The second-order valence-electron chi connectivity index (χ2n) is 8.50. The summed E-state index contributed by atoms with van der Waals surface area (Å²) in [5, 5.41) is 2.83. The molecule has 0 saturated carbocycles. The highest BCUT2D eigenvalue weighted by atomic mass is 32.2. The van der Waals surface area contributed by atoms with E-state index in [2.05, 4.69) is 5.32 Å². The van der Waals surface area contributed by atoms with Gasteiger partial charge in [0.05, 0.1) is 10.6 Å². The van der Waals surface area contributed by atoms with Gasteiger partial charge in [0.2, 0.25) is 5.91 Å². The van der Waals surface area contributed by atoms with Gasteiger partial charge in [0.25, 0.3) is 10.0 Å². The first-order valence-electron chi connectivity index (χ1n) is 11.6. The fraction of sp³-hybridized carbons (Fsp3) is 0.138. The number of hydrogen-bond acceptors (Lipinski definition) is 4. The first-order chi connectivity index (χ1) is 17.3. The third-order valence-corrected chi connectivity index (χ3v) is 7.40. The van der Waals surface area contributed by atoms with Gasteiger partial charge in [0.1, 0.15) is 18.0 Å². The van der Waals surface area contributed by atoms with Crippen molar-refractivity contribution in [2.45, 2.75) is 25.3 Å². The van der Waals surface area contributed by atoms with Crippen LogP contribution in [0.1, 0.15) is 16.7 Å². The second kappa shape index (κ2) is 11.1. The Balaban J connectivity index is 1.57. The molecule has 0 spiro atoms. The molecule has 0 aromatic heterocycles. The maximum atomic E-state index is 13.6. The zero-order chi connectivity index (χ0) is 25.5. The fourth-order valence-corrected chi connectivity index (χ4v) is 4.97. The number of amides is 1. The lowest BCUT2D eigenvalue weighted by molar-refractivity contribution is -0.119. The van der Waals surface area contributed by atoms with E-state index in [4.69, 9.17) is 4.74 Å². The van der Waals surface area contributed by atoms with Gasteiger partial charge in [-0.25, -0.2) is 8.42 Å². The Kier molecular flexibility index (Phi) is 7.71. The van der Waals surface area contributed by atoms with Crippen molar-refractivity contribution in [2.75, 3.05) is 10.8 Å². The van der Waals surface area contributed by atoms with E-state index in [-0.39, 0.29) is 11.4 Å². The van der Waals surface area contributed by atoms with Crippen LogP contribution in [-0.4, -0.2) is 20.9 Å². The largest absolute Gasteiger partial charge is 0.457 e. The van der Waals surface area contributed by atoms with E-state index in [1.54, 1.807) is 48.5 Å². The van der Waals surface area contributed by atoms with E-state index in [9.17, 15) is 13.2 Å². The van der Waals surface area contributed by atoms with Crippen LogP contribution in [-0.2, 0) is 21.4 Å². The molecule has 0 saturated heterocycles. The molecule has 0 atom stereocenters. The molecule has 184 valence electrons. The highest BCUT2D eigenvalue weighted by Gasteiger charge is 2.27. The molecule has 4 aromatic carbocycles. The monoisotopic (exact) mass is 500 g/mol. The van der Waals surface area contributed by atoms with E-state index in [0.29, 0.717) is 23.7 Å². The number of aryl methyl sites for hydroxylation is 2. The number of hydrogen-bond donors (Lipinski definition) is 1. The molecule has 0 radical (unpaired) electrons. The Morgan fingerprint density at radius 1 is 0.750 bits per heavy atom. The summed E-state index contributed by atoms with van der Waals surface area (Å²) in [7, 11) is -3.99. The third-order valence-electron chi connectivity index (χ3n) is 5.61. The van der Waals surface area contributed by atoms with Gasteiger partial charge in [-0.05, 0) is 67.9 Å². The summed E-state index contributed by atoms with van der Waals surface area (Å²) in [6.07, 6.45) is 0. The van der Waals surface area contributed by atoms with Crippen molar-refractivity contribution in [3.63, 3.8) is 0 Å². The van der Waals surface area contributed by atoms with Crippen LogP contribution in [0.4, 0.5) is 5.69 Å². The van der Waals surface area contributed by atoms with Crippen molar-refractivity contribution in [1.29, 1.82) is 0 Å². The average molecular weight is 501 g/mol. The number of benzene rings is 4. The van der Waals surface area contributed by atoms with Gasteiger partial charge in [0, 0.05) is 6.54 Å². The summed E-state index contributed by atoms with van der Waals surface area (Å²) >= 11 is 0. The van der Waals surface area contributed by atoms with Crippen LogP contribution >= 0.6 is 0 Å². The quantitative estimate of drug-likeness (QED) is 0.324. The molecule has 0 aliphatic carbocycles. The highest BCUT2D eigenvalue weighted by Crippen LogP contribution is 2.28. The SMILES string of the molecule is Cc1ccc(CNC(=O)CN(c2ccc(Oc3ccccc3)cc2)S(=O)(=O)c2ccc(C)cc2)cc1. The van der Waals surface area contributed by atoms with E-state index in [1.807, 2.05) is 68.4 Å². The lowest BCUT2D eigenvalue weighted by atomic mass is 10.1. The number of anilines is 1. The van der Waals surface area contributed by atoms with Crippen LogP contribution in [0.25, 0.3) is 0 Å². The summed E-state index contributed by atoms with van der Waals surface area (Å²) in [5.74, 6) is 0.821. The van der Waals surface area contributed by atoms with E-state index >= 15 is 0 Å². The fourth-order valence-electron chi connectivity index (χ4n) is 3.55. The molecular weight excluding hydrogens is 472 g/mol. The van der Waals surface area contributed by atoms with Crippen molar-refractivity contribution >= 4 is 21.6 Å². The molecule has 0 heterocycles. The summed E-state index contributed by atoms with van der Waals surface area (Å²) in [4.78, 5) is 13.0. The first-order valence-corrected chi connectivity index (χ1v) is 13.0. The molecule has 0 aliphatic rings. The van der Waals surface area contributed by atoms with Gasteiger partial charge in [0.15, 0.2) is 0 Å². The van der Waals surface area contributed by atoms with Crippen LogP contribution in [0.15, 0.2) is 108 Å². The number of carbonyl (C=O) groups is 1. The van der Waals surface area contributed by atoms with Crippen molar-refractivity contribution in [2.24, 2.45) is 0 Å². The second-order valence-corrected chi connectivity index (χ2v) is 10.4. The molecule has 1 amide bonds. The van der Waals surface area contributed by atoms with Crippen LogP contribution in [0.3, 0.4) is 0 Å². The highest BCUT2D eigenvalue weighted by molar-refractivity contribution is 7.92. The molecule has 6 nitrogen and oxygen atoms in total. The van der Waals surface area contributed by atoms with Crippen LogP contribution in [0.2, 0.25) is 0 Å². The lowest BCUT2D eigenvalue weighted by Gasteiger charge is -2.24. The minimum Gasteiger partial charge on any atom is -0.457 e. The average Bonchev–Trinajstić information content (AvgIpc) is 2.88. The van der Waals surface area contributed by atoms with Gasteiger partial charge in [-0.2, -0.15) is 0 Å². The molecule has 0 unspecified atom stereocenters. The summed E-state index contributed by atoms with van der Waals surface area (Å²) in [6.45, 7) is 3.83. The Morgan fingerprint density at radius 3 is 1.92 bits per heavy atom. The van der Waals surface area contributed by atoms with E-state index in [1.165, 1.54) is 0 Å². The Labute approximate surface area is 212 Å². The molecule has 7 heteroatoms. The number of carbonyl (C=O) groups excluding carboxylic acids is 1. The number of ether oxygens (including phenoxy) is 1. The zero-order valence-electron chi connectivity index (χ0n) is 20.2. The Hall–Kier alpha value is -4.10. The predicted octanol–water partition coefficient (Wildman–Crippen LogP) is 5.61. The molecule has 0 fully saturated rings. The molecule has 0 bridgehead atoms. The minimum absolute atomic E-state index is 0.115. The summed E-state index contributed by atoms with van der Waals surface area (Å²) < 4.78 is 34.1. The smallest absolute Gasteiger partial charge is 0.264 e. The first kappa shape index (κ1) is 25.0. The number of sulfonamides is 1. The normalized spacial score (nSPS) is 11.1. The van der Waals surface area contributed by atoms with Crippen molar-refractivity contribution < 1.29 is 17.9 Å². The maximum absolute atomic E-state index is 13.6. The zero-order valence-corrected chi connectivity index (χ0v) is 21.0. The van der Waals surface area contributed by atoms with Crippen LogP contribution < -0.4 is 14.4 Å². The lowest BCUT2D eigenvalue weighted by Crippen LogP contribution is -2.40. The summed E-state index contributed by atoms with van der Waals surface area (Å²) in [5.41, 5.74) is 3.37. The molecule has 4 rings (SSSR count). The number of para-hydroxylation sites is 1. The Bertz CT molecular complexity index is 1400. The van der Waals surface area contributed by atoms with Gasteiger partial charge >= 0.3 is 0 Å². The van der Waals surface area contributed by atoms with Crippen molar-refractivity contribution in [3.05, 3.63) is 120 Å². The van der Waals surface area contributed by atoms with E-state index in [0.717, 1.165) is 21.0 Å². The van der Waals surface area contributed by atoms with Gasteiger partial charge < -0.3 is 10.1 Å². The molecule has 4 aromatic rings. The predicted molar refractivity (Wildman–Crippen MR) is 142 cm³/mol. The van der Waals surface area contributed by atoms with Gasteiger partial charge in [-0.15, -0.1) is 0 Å². The Morgan fingerprint density at radius 2 is 1.31 bits per heavy atom. The number of rotatable bonds is 9. The third kappa shape index (κ3) is 6.31. The van der Waals surface area contributed by atoms with E-state index < -0.39 is 15.9 Å². The summed E-state index contributed by atoms with van der Waals surface area (Å²) in [6, 6.07) is 30.3. The van der Waals surface area contributed by atoms with Crippen LogP contribution in [0.5, 0.6) is 11.5 Å². The van der Waals surface area contributed by atoms with Gasteiger partial charge in [-0.1, -0.05) is 65.7 Å². The molecule has 36 heavy (non-hydrogen) atoms. The van der Waals surface area contributed by atoms with Gasteiger partial charge in [-0.3, -0.25) is 9.10 Å². The molecule has 1 N–H and O–H groups in total. The van der Waals surface area contributed by atoms with Crippen molar-refractivity contribution in [1.82, 2.24) is 5.32 Å².